The quantitative estimate of drug-likeness (QED) is 0.460. The van der Waals surface area contributed by atoms with Crippen LogP contribution < -0.4 is 14.7 Å². The number of para-hydroxylation sites is 1. The second-order valence-electron chi connectivity index (χ2n) is 7.28. The molecule has 154 valence electrons. The van der Waals surface area contributed by atoms with Crippen LogP contribution in [0.2, 0.25) is 0 Å². The molecule has 0 amide bonds. The second-order valence-corrected chi connectivity index (χ2v) is 7.28. The lowest BCUT2D eigenvalue weighted by molar-refractivity contribution is -0.383. The van der Waals surface area contributed by atoms with Crippen LogP contribution in [0.25, 0.3) is 0 Å². The lowest BCUT2D eigenvalue weighted by atomic mass is 10.2. The minimum absolute atomic E-state index is 0.0379. The molecule has 0 unspecified atom stereocenters. The van der Waals surface area contributed by atoms with Crippen LogP contribution in [0.5, 0.6) is 0 Å². The predicted molar refractivity (Wildman–Crippen MR) is 118 cm³/mol. The fraction of sp³-hybridized carbons (Fsp3) is 0.273. The summed E-state index contributed by atoms with van der Waals surface area (Å²) in [5.74, 6) is 0.719. The van der Waals surface area contributed by atoms with E-state index in [0.717, 1.165) is 24.3 Å². The van der Waals surface area contributed by atoms with Gasteiger partial charge in [0.1, 0.15) is 6.33 Å². The fourth-order valence-electron chi connectivity index (χ4n) is 3.78. The Balaban J connectivity index is 1.55. The third-order valence-electron chi connectivity index (χ3n) is 5.29. The van der Waals surface area contributed by atoms with Crippen LogP contribution in [0.15, 0.2) is 67.0 Å². The maximum absolute atomic E-state index is 12.0. The standard InChI is InChI=1S/C22H24N6O2/c1-25(16-18-8-4-2-5-9-18)21-20(28(29)30)22(24-17-23-21)27-14-12-26(13-15-27)19-10-6-3-7-11-19/h2-11,17H,12-16H2,1H3. The Morgan fingerprint density at radius 3 is 2.17 bits per heavy atom. The summed E-state index contributed by atoms with van der Waals surface area (Å²) in [6.45, 7) is 3.41. The normalized spacial score (nSPS) is 13.9. The van der Waals surface area contributed by atoms with E-state index in [2.05, 4.69) is 27.0 Å². The molecule has 1 aliphatic heterocycles. The zero-order valence-electron chi connectivity index (χ0n) is 16.9. The minimum atomic E-state index is -0.365. The second kappa shape index (κ2) is 8.77. The summed E-state index contributed by atoms with van der Waals surface area (Å²) in [6, 6.07) is 20.0. The van der Waals surface area contributed by atoms with Crippen molar-refractivity contribution in [1.29, 1.82) is 0 Å². The number of hydrogen-bond donors (Lipinski definition) is 0. The zero-order valence-corrected chi connectivity index (χ0v) is 16.9. The first-order chi connectivity index (χ1) is 14.6. The van der Waals surface area contributed by atoms with Crippen molar-refractivity contribution in [2.24, 2.45) is 0 Å². The Hall–Kier alpha value is -3.68. The maximum Gasteiger partial charge on any atom is 0.353 e. The number of nitrogens with zero attached hydrogens (tertiary/aromatic N) is 6. The van der Waals surface area contributed by atoms with Gasteiger partial charge in [-0.3, -0.25) is 10.1 Å². The first kappa shape index (κ1) is 19.6. The number of rotatable bonds is 6. The number of aromatic nitrogens is 2. The van der Waals surface area contributed by atoms with Crippen molar-refractivity contribution in [2.75, 3.05) is 47.9 Å². The molecule has 2 aromatic carbocycles. The van der Waals surface area contributed by atoms with Crippen LogP contribution >= 0.6 is 0 Å². The molecule has 8 heteroatoms. The van der Waals surface area contributed by atoms with Crippen molar-refractivity contribution in [3.63, 3.8) is 0 Å². The Morgan fingerprint density at radius 1 is 0.933 bits per heavy atom. The Labute approximate surface area is 175 Å². The third kappa shape index (κ3) is 4.17. The molecule has 0 aliphatic carbocycles. The van der Waals surface area contributed by atoms with Gasteiger partial charge in [0.15, 0.2) is 0 Å². The number of nitro groups is 1. The molecule has 3 aromatic rings. The molecule has 1 saturated heterocycles. The van der Waals surface area contributed by atoms with Crippen LogP contribution in [-0.2, 0) is 6.54 Å². The van der Waals surface area contributed by atoms with Gasteiger partial charge in [0, 0.05) is 45.5 Å². The van der Waals surface area contributed by atoms with E-state index < -0.39 is 0 Å². The smallest absolute Gasteiger partial charge is 0.353 e. The van der Waals surface area contributed by atoms with Crippen molar-refractivity contribution in [3.05, 3.63) is 82.7 Å². The molecule has 1 aliphatic rings. The van der Waals surface area contributed by atoms with E-state index in [1.54, 1.807) is 4.90 Å². The summed E-state index contributed by atoms with van der Waals surface area (Å²) in [4.78, 5) is 26.2. The zero-order chi connectivity index (χ0) is 20.9. The topological polar surface area (TPSA) is 78.6 Å². The molecule has 0 atom stereocenters. The van der Waals surface area contributed by atoms with Gasteiger partial charge in [-0.25, -0.2) is 9.97 Å². The summed E-state index contributed by atoms with van der Waals surface area (Å²) in [7, 11) is 1.82. The van der Waals surface area contributed by atoms with Crippen molar-refractivity contribution < 1.29 is 4.92 Å². The van der Waals surface area contributed by atoms with Crippen LogP contribution in [-0.4, -0.2) is 48.1 Å². The highest BCUT2D eigenvalue weighted by atomic mass is 16.6. The summed E-state index contributed by atoms with van der Waals surface area (Å²) < 4.78 is 0. The number of benzene rings is 2. The molecule has 0 radical (unpaired) electrons. The van der Waals surface area contributed by atoms with Crippen molar-refractivity contribution in [2.45, 2.75) is 6.54 Å². The summed E-state index contributed by atoms with van der Waals surface area (Å²) >= 11 is 0. The van der Waals surface area contributed by atoms with E-state index in [1.165, 1.54) is 6.33 Å². The van der Waals surface area contributed by atoms with Crippen molar-refractivity contribution in [3.8, 4) is 0 Å². The van der Waals surface area contributed by atoms with E-state index in [1.807, 2.05) is 60.5 Å². The van der Waals surface area contributed by atoms with Gasteiger partial charge in [-0.05, 0) is 17.7 Å². The van der Waals surface area contributed by atoms with Gasteiger partial charge in [0.2, 0.25) is 11.6 Å². The molecule has 0 bridgehead atoms. The van der Waals surface area contributed by atoms with Crippen LogP contribution in [0.1, 0.15) is 5.56 Å². The average molecular weight is 404 g/mol. The minimum Gasteiger partial charge on any atom is -0.368 e. The molecule has 1 aromatic heterocycles. The average Bonchev–Trinajstić information content (AvgIpc) is 2.80. The van der Waals surface area contributed by atoms with E-state index in [4.69, 9.17) is 0 Å². The van der Waals surface area contributed by atoms with Crippen molar-refractivity contribution >= 4 is 23.0 Å². The predicted octanol–water partition coefficient (Wildman–Crippen LogP) is 3.35. The van der Waals surface area contributed by atoms with Gasteiger partial charge < -0.3 is 14.7 Å². The van der Waals surface area contributed by atoms with Crippen molar-refractivity contribution in [1.82, 2.24) is 9.97 Å². The van der Waals surface area contributed by atoms with E-state index in [-0.39, 0.29) is 10.6 Å². The summed E-state index contributed by atoms with van der Waals surface area (Å²) in [5, 5.41) is 12.0. The lowest BCUT2D eigenvalue weighted by Crippen LogP contribution is -2.47. The Bertz CT molecular complexity index is 991. The molecule has 2 heterocycles. The maximum atomic E-state index is 12.0. The highest BCUT2D eigenvalue weighted by Gasteiger charge is 2.30. The van der Waals surface area contributed by atoms with Gasteiger partial charge in [-0.1, -0.05) is 48.5 Å². The summed E-state index contributed by atoms with van der Waals surface area (Å²) in [5.41, 5.74) is 2.19. The molecule has 8 nitrogen and oxygen atoms in total. The number of anilines is 3. The molecule has 0 spiro atoms. The Kier molecular flexibility index (Phi) is 5.74. The van der Waals surface area contributed by atoms with E-state index in [0.29, 0.717) is 31.3 Å². The molecule has 30 heavy (non-hydrogen) atoms. The molecular formula is C22H24N6O2. The monoisotopic (exact) mass is 404 g/mol. The molecule has 0 saturated carbocycles. The lowest BCUT2D eigenvalue weighted by Gasteiger charge is -2.36. The van der Waals surface area contributed by atoms with Crippen LogP contribution in [0.4, 0.5) is 23.0 Å². The van der Waals surface area contributed by atoms with Gasteiger partial charge in [0.25, 0.3) is 0 Å². The van der Waals surface area contributed by atoms with Crippen LogP contribution in [0, 0.1) is 10.1 Å². The SMILES string of the molecule is CN(Cc1ccccc1)c1ncnc(N2CCN(c3ccccc3)CC2)c1[N+](=O)[O-]. The molecule has 4 rings (SSSR count). The van der Waals surface area contributed by atoms with E-state index in [9.17, 15) is 10.1 Å². The first-order valence-electron chi connectivity index (χ1n) is 9.93. The van der Waals surface area contributed by atoms with Gasteiger partial charge in [-0.15, -0.1) is 0 Å². The van der Waals surface area contributed by atoms with E-state index >= 15 is 0 Å². The fourth-order valence-corrected chi connectivity index (χ4v) is 3.78. The number of piperazine rings is 1. The van der Waals surface area contributed by atoms with Gasteiger partial charge in [-0.2, -0.15) is 0 Å². The largest absolute Gasteiger partial charge is 0.368 e. The van der Waals surface area contributed by atoms with Gasteiger partial charge in [0.05, 0.1) is 4.92 Å². The highest BCUT2D eigenvalue weighted by Crippen LogP contribution is 2.35. The third-order valence-corrected chi connectivity index (χ3v) is 5.29. The molecule has 1 fully saturated rings. The summed E-state index contributed by atoms with van der Waals surface area (Å²) in [6.07, 6.45) is 1.42. The number of hydrogen-bond acceptors (Lipinski definition) is 7. The van der Waals surface area contributed by atoms with Crippen LogP contribution in [0.3, 0.4) is 0 Å². The Morgan fingerprint density at radius 2 is 1.53 bits per heavy atom. The molecular weight excluding hydrogens is 380 g/mol. The highest BCUT2D eigenvalue weighted by molar-refractivity contribution is 5.71. The first-order valence-corrected chi connectivity index (χ1v) is 9.93. The van der Waals surface area contributed by atoms with Gasteiger partial charge >= 0.3 is 5.69 Å². The molecule has 0 N–H and O–H groups in total.